The van der Waals surface area contributed by atoms with Crippen LogP contribution in [0.2, 0.25) is 0 Å². The molecule has 0 radical (unpaired) electrons. The molecule has 164 valence electrons. The summed E-state index contributed by atoms with van der Waals surface area (Å²) in [6.07, 6.45) is 11.4. The third kappa shape index (κ3) is 6.96. The molecule has 1 saturated carbocycles. The fourth-order valence-corrected chi connectivity index (χ4v) is 3.72. The summed E-state index contributed by atoms with van der Waals surface area (Å²) in [5.41, 5.74) is 3.84. The molecule has 0 unspecified atom stereocenters. The Morgan fingerprint density at radius 2 is 1.77 bits per heavy atom. The zero-order valence-electron chi connectivity index (χ0n) is 18.1. The van der Waals surface area contributed by atoms with Gasteiger partial charge >= 0.3 is 0 Å². The van der Waals surface area contributed by atoms with Crippen molar-refractivity contribution in [3.8, 4) is 11.3 Å². The molecule has 2 heterocycles. The Kier molecular flexibility index (Phi) is 10.3. The van der Waals surface area contributed by atoms with Crippen molar-refractivity contribution < 1.29 is 14.3 Å². The summed E-state index contributed by atoms with van der Waals surface area (Å²) in [7, 11) is 2.98. The van der Waals surface area contributed by atoms with E-state index >= 15 is 0 Å². The molecule has 0 saturated heterocycles. The fourth-order valence-electron chi connectivity index (χ4n) is 3.72. The molecule has 1 fully saturated rings. The third-order valence-electron chi connectivity index (χ3n) is 5.21. The average Bonchev–Trinajstić information content (AvgIpc) is 2.86. The second-order valence-corrected chi connectivity index (χ2v) is 7.09. The lowest BCUT2D eigenvalue weighted by Gasteiger charge is -2.23. The van der Waals surface area contributed by atoms with E-state index in [1.54, 1.807) is 36.4 Å². The van der Waals surface area contributed by atoms with Crippen LogP contribution in [0.1, 0.15) is 54.1 Å². The van der Waals surface area contributed by atoms with Crippen molar-refractivity contribution in [2.75, 3.05) is 19.5 Å². The highest BCUT2D eigenvalue weighted by molar-refractivity contribution is 5.73. The van der Waals surface area contributed by atoms with Gasteiger partial charge in [-0.15, -0.1) is 0 Å². The number of aldehydes is 1. The van der Waals surface area contributed by atoms with E-state index in [1.807, 2.05) is 19.4 Å². The van der Waals surface area contributed by atoms with Crippen molar-refractivity contribution in [3.63, 3.8) is 0 Å². The van der Waals surface area contributed by atoms with E-state index in [9.17, 15) is 9.18 Å². The molecule has 6 heteroatoms. The Morgan fingerprint density at radius 3 is 2.45 bits per heavy atom. The Bertz CT molecular complexity index is 943. The molecular formula is C25H30FN3O2. The predicted octanol–water partition coefficient (Wildman–Crippen LogP) is 5.48. The first-order valence-corrected chi connectivity index (χ1v) is 10.5. The molecule has 0 spiro atoms. The lowest BCUT2D eigenvalue weighted by molar-refractivity contribution is 0.111. The highest BCUT2D eigenvalue weighted by atomic mass is 19.1. The highest BCUT2D eigenvalue weighted by Gasteiger charge is 2.17. The van der Waals surface area contributed by atoms with Crippen LogP contribution in [0.4, 0.5) is 10.1 Å². The Hall–Kier alpha value is -3.12. The van der Waals surface area contributed by atoms with Crippen molar-refractivity contribution in [3.05, 3.63) is 78.0 Å². The first-order valence-electron chi connectivity index (χ1n) is 10.5. The van der Waals surface area contributed by atoms with Crippen LogP contribution >= 0.6 is 0 Å². The number of pyridine rings is 2. The maximum Gasteiger partial charge on any atom is 0.168 e. The minimum absolute atomic E-state index is 0.302. The van der Waals surface area contributed by atoms with E-state index in [2.05, 4.69) is 21.4 Å². The molecule has 1 aliphatic rings. The van der Waals surface area contributed by atoms with Gasteiger partial charge in [-0.05, 0) is 54.7 Å². The van der Waals surface area contributed by atoms with Crippen LogP contribution < -0.4 is 5.32 Å². The smallest absolute Gasteiger partial charge is 0.168 e. The van der Waals surface area contributed by atoms with Crippen molar-refractivity contribution in [1.29, 1.82) is 0 Å². The van der Waals surface area contributed by atoms with Gasteiger partial charge < -0.3 is 10.4 Å². The summed E-state index contributed by atoms with van der Waals surface area (Å²) in [4.78, 5) is 18.7. The van der Waals surface area contributed by atoms with Crippen LogP contribution in [-0.2, 0) is 0 Å². The van der Waals surface area contributed by atoms with Crippen molar-refractivity contribution in [2.24, 2.45) is 0 Å². The molecule has 0 bridgehead atoms. The molecule has 5 nitrogen and oxygen atoms in total. The van der Waals surface area contributed by atoms with Gasteiger partial charge in [0.1, 0.15) is 11.5 Å². The molecule has 1 aliphatic carbocycles. The number of nitrogens with zero attached hydrogens (tertiary/aromatic N) is 2. The van der Waals surface area contributed by atoms with E-state index < -0.39 is 0 Å². The standard InChI is InChI=1S/C12H8FNO.C12H18N2.CH4O/c13-11-6-2-1-5-10(11)12-7-3-4-9(8-15)14-12;1-13-12-9-14-8-7-11(12)10-5-3-2-4-6-10;1-2/h1-8H;7-10,13H,2-6H2,1H3;2H,1H3. The van der Waals surface area contributed by atoms with Crippen LogP contribution in [0.25, 0.3) is 11.3 Å². The summed E-state index contributed by atoms with van der Waals surface area (Å²) >= 11 is 0. The van der Waals surface area contributed by atoms with Gasteiger partial charge in [0.05, 0.1) is 17.6 Å². The highest BCUT2D eigenvalue weighted by Crippen LogP contribution is 2.35. The lowest BCUT2D eigenvalue weighted by atomic mass is 9.84. The molecular weight excluding hydrogens is 393 g/mol. The van der Waals surface area contributed by atoms with E-state index in [4.69, 9.17) is 5.11 Å². The van der Waals surface area contributed by atoms with E-state index in [0.717, 1.165) is 13.0 Å². The molecule has 1 aromatic carbocycles. The fraction of sp³-hybridized carbons (Fsp3) is 0.320. The van der Waals surface area contributed by atoms with Gasteiger partial charge in [0.25, 0.3) is 0 Å². The number of rotatable bonds is 4. The first-order chi connectivity index (χ1) is 15.2. The Labute approximate surface area is 183 Å². The van der Waals surface area contributed by atoms with Crippen LogP contribution in [0.15, 0.2) is 60.9 Å². The largest absolute Gasteiger partial charge is 0.400 e. The first kappa shape index (κ1) is 24.2. The number of aliphatic hydroxyl groups excluding tert-OH is 1. The number of aromatic nitrogens is 2. The zero-order chi connectivity index (χ0) is 22.5. The Morgan fingerprint density at radius 1 is 1.03 bits per heavy atom. The molecule has 4 rings (SSSR count). The van der Waals surface area contributed by atoms with Crippen molar-refractivity contribution >= 4 is 12.0 Å². The van der Waals surface area contributed by atoms with E-state index in [1.165, 1.54) is 49.4 Å². The number of nitrogens with one attached hydrogen (secondary N) is 1. The maximum absolute atomic E-state index is 13.4. The van der Waals surface area contributed by atoms with E-state index in [0.29, 0.717) is 23.2 Å². The van der Waals surface area contributed by atoms with Crippen molar-refractivity contribution in [1.82, 2.24) is 9.97 Å². The van der Waals surface area contributed by atoms with Crippen LogP contribution in [0, 0.1) is 5.82 Å². The van der Waals surface area contributed by atoms with Gasteiger partial charge in [0.15, 0.2) is 6.29 Å². The molecule has 0 atom stereocenters. The van der Waals surface area contributed by atoms with Gasteiger partial charge in [-0.1, -0.05) is 37.5 Å². The predicted molar refractivity (Wildman–Crippen MR) is 123 cm³/mol. The topological polar surface area (TPSA) is 75.1 Å². The molecule has 0 aliphatic heterocycles. The van der Waals surface area contributed by atoms with Crippen LogP contribution in [-0.4, -0.2) is 35.5 Å². The molecule has 3 aromatic rings. The minimum atomic E-state index is -0.340. The van der Waals surface area contributed by atoms with Crippen LogP contribution in [0.5, 0.6) is 0 Å². The molecule has 31 heavy (non-hydrogen) atoms. The molecule has 2 N–H and O–H groups in total. The molecule has 0 amide bonds. The van der Waals surface area contributed by atoms with Crippen LogP contribution in [0.3, 0.4) is 0 Å². The number of carbonyl (C=O) groups excluding carboxylic acids is 1. The number of anilines is 1. The second kappa shape index (κ2) is 13.2. The number of hydrogen-bond donors (Lipinski definition) is 2. The molecule has 2 aromatic heterocycles. The number of benzene rings is 1. The second-order valence-electron chi connectivity index (χ2n) is 7.09. The quantitative estimate of drug-likeness (QED) is 0.544. The number of halogens is 1. The monoisotopic (exact) mass is 423 g/mol. The average molecular weight is 424 g/mol. The van der Waals surface area contributed by atoms with Crippen molar-refractivity contribution in [2.45, 2.75) is 38.0 Å². The summed E-state index contributed by atoms with van der Waals surface area (Å²) in [6.45, 7) is 0. The Balaban J connectivity index is 0.000000204. The summed E-state index contributed by atoms with van der Waals surface area (Å²) in [6, 6.07) is 13.4. The SMILES string of the molecule is CNc1cnccc1C1CCCCC1.CO.O=Cc1cccc(-c2ccccc2F)n1. The maximum atomic E-state index is 13.4. The zero-order valence-corrected chi connectivity index (χ0v) is 18.1. The number of hydrogen-bond acceptors (Lipinski definition) is 5. The van der Waals surface area contributed by atoms with Gasteiger partial charge in [0, 0.05) is 25.9 Å². The summed E-state index contributed by atoms with van der Waals surface area (Å²) in [5, 5.41) is 10.2. The van der Waals surface area contributed by atoms with E-state index in [-0.39, 0.29) is 5.82 Å². The summed E-state index contributed by atoms with van der Waals surface area (Å²) < 4.78 is 13.4. The third-order valence-corrected chi connectivity index (χ3v) is 5.21. The number of carbonyl (C=O) groups is 1. The van der Waals surface area contributed by atoms with Gasteiger partial charge in [0.2, 0.25) is 0 Å². The van der Waals surface area contributed by atoms with Gasteiger partial charge in [-0.25, -0.2) is 9.37 Å². The minimum Gasteiger partial charge on any atom is -0.400 e. The number of aliphatic hydroxyl groups is 1. The lowest BCUT2D eigenvalue weighted by Crippen LogP contribution is -2.07. The van der Waals surface area contributed by atoms with Gasteiger partial charge in [-0.3, -0.25) is 9.78 Å². The normalized spacial score (nSPS) is 13.2. The van der Waals surface area contributed by atoms with Gasteiger partial charge in [-0.2, -0.15) is 0 Å². The summed E-state index contributed by atoms with van der Waals surface area (Å²) in [5.74, 6) is 0.419.